The van der Waals surface area contributed by atoms with Crippen LogP contribution in [-0.4, -0.2) is 62.9 Å². The van der Waals surface area contributed by atoms with Crippen LogP contribution < -0.4 is 0 Å². The Morgan fingerprint density at radius 3 is 2.78 bits per heavy atom. The lowest BCUT2D eigenvalue weighted by Gasteiger charge is -2.22. The van der Waals surface area contributed by atoms with E-state index < -0.39 is 12.2 Å². The monoisotopic (exact) mass is 370 g/mol. The van der Waals surface area contributed by atoms with E-state index in [1.54, 1.807) is 4.90 Å². The van der Waals surface area contributed by atoms with Crippen molar-refractivity contribution in [1.29, 1.82) is 0 Å². The molecule has 2 aliphatic rings. The summed E-state index contributed by atoms with van der Waals surface area (Å²) in [5.41, 5.74) is 2.25. The molecule has 4 rings (SSSR count). The molecule has 0 radical (unpaired) electrons. The molecule has 8 nitrogen and oxygen atoms in total. The predicted molar refractivity (Wildman–Crippen MR) is 95.7 cm³/mol. The van der Waals surface area contributed by atoms with Gasteiger partial charge in [-0.25, -0.2) is 4.79 Å². The van der Waals surface area contributed by atoms with Gasteiger partial charge in [-0.3, -0.25) is 14.4 Å². The number of aromatic nitrogens is 2. The first-order valence-electron chi connectivity index (χ1n) is 9.11. The minimum atomic E-state index is -0.797. The van der Waals surface area contributed by atoms with Gasteiger partial charge in [0.15, 0.2) is 0 Å². The fourth-order valence-electron chi connectivity index (χ4n) is 3.47. The lowest BCUT2D eigenvalue weighted by atomic mass is 10.1. The first-order chi connectivity index (χ1) is 13.1. The van der Waals surface area contributed by atoms with Gasteiger partial charge in [0.2, 0.25) is 5.91 Å². The van der Waals surface area contributed by atoms with Gasteiger partial charge in [0.05, 0.1) is 24.5 Å². The maximum atomic E-state index is 12.6. The van der Waals surface area contributed by atoms with Gasteiger partial charge >= 0.3 is 6.09 Å². The van der Waals surface area contributed by atoms with E-state index >= 15 is 0 Å². The van der Waals surface area contributed by atoms with E-state index in [9.17, 15) is 14.7 Å². The van der Waals surface area contributed by atoms with Crippen LogP contribution in [0.15, 0.2) is 36.4 Å². The number of aliphatic hydroxyl groups excluding tert-OH is 1. The van der Waals surface area contributed by atoms with Gasteiger partial charge < -0.3 is 14.7 Å². The Morgan fingerprint density at radius 2 is 2.04 bits per heavy atom. The SMILES string of the molecule is O=C(CN1CCOC1=O)N1CCCn2nc(C(O)c3ccccc3)cc2C1. The highest BCUT2D eigenvalue weighted by Gasteiger charge is 2.28. The number of hydrogen-bond acceptors (Lipinski definition) is 5. The largest absolute Gasteiger partial charge is 0.448 e. The standard InChI is InChI=1S/C19H22N4O4/c24-17(13-22-9-10-27-19(22)26)21-7-4-8-23-15(12-21)11-16(20-23)18(25)14-5-2-1-3-6-14/h1-3,5-6,11,18,25H,4,7-10,12-13H2. The second-order valence-electron chi connectivity index (χ2n) is 6.80. The molecule has 1 N–H and O–H groups in total. The summed E-state index contributed by atoms with van der Waals surface area (Å²) >= 11 is 0. The molecule has 1 saturated heterocycles. The normalized spacial score (nSPS) is 18.0. The first kappa shape index (κ1) is 17.5. The van der Waals surface area contributed by atoms with Gasteiger partial charge in [-0.2, -0.15) is 5.10 Å². The third kappa shape index (κ3) is 3.66. The van der Waals surface area contributed by atoms with E-state index in [2.05, 4.69) is 5.10 Å². The number of hydrogen-bond donors (Lipinski definition) is 1. The van der Waals surface area contributed by atoms with Crippen LogP contribution in [0, 0.1) is 0 Å². The van der Waals surface area contributed by atoms with E-state index in [-0.39, 0.29) is 12.5 Å². The van der Waals surface area contributed by atoms with Gasteiger partial charge in [-0.05, 0) is 18.1 Å². The summed E-state index contributed by atoms with van der Waals surface area (Å²) in [5, 5.41) is 15.1. The summed E-state index contributed by atoms with van der Waals surface area (Å²) in [5.74, 6) is -0.103. The van der Waals surface area contributed by atoms with Gasteiger partial charge in [-0.1, -0.05) is 30.3 Å². The number of aryl methyl sites for hydroxylation is 1. The minimum Gasteiger partial charge on any atom is -0.448 e. The fourth-order valence-corrected chi connectivity index (χ4v) is 3.47. The molecule has 1 fully saturated rings. The zero-order valence-corrected chi connectivity index (χ0v) is 15.0. The highest BCUT2D eigenvalue weighted by Crippen LogP contribution is 2.23. The van der Waals surface area contributed by atoms with Crippen molar-refractivity contribution in [2.24, 2.45) is 0 Å². The Labute approximate surface area is 156 Å². The van der Waals surface area contributed by atoms with Crippen LogP contribution in [-0.2, 0) is 22.6 Å². The zero-order valence-electron chi connectivity index (χ0n) is 15.0. The Balaban J connectivity index is 1.48. The molecule has 1 aromatic heterocycles. The number of amides is 2. The molecule has 1 aromatic carbocycles. The maximum absolute atomic E-state index is 12.6. The lowest BCUT2D eigenvalue weighted by molar-refractivity contribution is -0.132. The summed E-state index contributed by atoms with van der Waals surface area (Å²) in [4.78, 5) is 27.4. The average Bonchev–Trinajstić information content (AvgIpc) is 3.21. The van der Waals surface area contributed by atoms with E-state index in [0.29, 0.717) is 38.5 Å². The molecular weight excluding hydrogens is 348 g/mol. The highest BCUT2D eigenvalue weighted by molar-refractivity contribution is 5.82. The van der Waals surface area contributed by atoms with Gasteiger partial charge in [0, 0.05) is 13.1 Å². The van der Waals surface area contributed by atoms with Crippen LogP contribution in [0.2, 0.25) is 0 Å². The predicted octanol–water partition coefficient (Wildman–Crippen LogP) is 1.15. The number of ether oxygens (including phenoxy) is 1. The summed E-state index contributed by atoms with van der Waals surface area (Å²) in [6.45, 7) is 2.53. The number of carbonyl (C=O) groups is 2. The summed E-state index contributed by atoms with van der Waals surface area (Å²) in [6, 6.07) is 11.2. The Bertz CT molecular complexity index is 835. The topological polar surface area (TPSA) is 87.9 Å². The smallest absolute Gasteiger partial charge is 0.410 e. The van der Waals surface area contributed by atoms with Gasteiger partial charge in [-0.15, -0.1) is 0 Å². The van der Waals surface area contributed by atoms with Gasteiger partial charge in [0.25, 0.3) is 0 Å². The molecule has 27 heavy (non-hydrogen) atoms. The van der Waals surface area contributed by atoms with E-state index in [1.807, 2.05) is 41.1 Å². The fraction of sp³-hybridized carbons (Fsp3) is 0.421. The van der Waals surface area contributed by atoms with Crippen molar-refractivity contribution >= 4 is 12.0 Å². The second-order valence-corrected chi connectivity index (χ2v) is 6.80. The van der Waals surface area contributed by atoms with Crippen molar-refractivity contribution in [3.05, 3.63) is 53.3 Å². The molecule has 2 aromatic rings. The number of benzene rings is 1. The molecule has 2 amide bonds. The summed E-state index contributed by atoms with van der Waals surface area (Å²) in [6.07, 6.45) is -0.461. The number of fused-ring (bicyclic) bond motifs is 1. The van der Waals surface area contributed by atoms with Crippen LogP contribution >= 0.6 is 0 Å². The number of nitrogens with zero attached hydrogens (tertiary/aromatic N) is 4. The molecule has 2 aliphatic heterocycles. The van der Waals surface area contributed by atoms with E-state index in [4.69, 9.17) is 4.74 Å². The Morgan fingerprint density at radius 1 is 1.22 bits per heavy atom. The Kier molecular flexibility index (Phi) is 4.81. The quantitative estimate of drug-likeness (QED) is 0.872. The van der Waals surface area contributed by atoms with Gasteiger partial charge in [0.1, 0.15) is 19.3 Å². The number of carbonyl (C=O) groups excluding carboxylic acids is 2. The Hall–Kier alpha value is -2.87. The minimum absolute atomic E-state index is 0.0342. The molecular formula is C19H22N4O4. The van der Waals surface area contributed by atoms with Crippen molar-refractivity contribution in [2.75, 3.05) is 26.2 Å². The van der Waals surface area contributed by atoms with Crippen molar-refractivity contribution in [1.82, 2.24) is 19.6 Å². The number of rotatable bonds is 4. The zero-order chi connectivity index (χ0) is 18.8. The molecule has 142 valence electrons. The van der Waals surface area contributed by atoms with Crippen molar-refractivity contribution in [2.45, 2.75) is 25.6 Å². The maximum Gasteiger partial charge on any atom is 0.410 e. The van der Waals surface area contributed by atoms with Crippen LogP contribution in [0.4, 0.5) is 4.79 Å². The van der Waals surface area contributed by atoms with Crippen molar-refractivity contribution < 1.29 is 19.4 Å². The molecule has 8 heteroatoms. The second kappa shape index (κ2) is 7.40. The molecule has 0 aliphatic carbocycles. The number of aliphatic hydroxyl groups is 1. The van der Waals surface area contributed by atoms with Crippen molar-refractivity contribution in [3.8, 4) is 0 Å². The van der Waals surface area contributed by atoms with Crippen LogP contribution in [0.5, 0.6) is 0 Å². The third-order valence-electron chi connectivity index (χ3n) is 4.95. The lowest BCUT2D eigenvalue weighted by Crippen LogP contribution is -2.40. The molecule has 0 bridgehead atoms. The molecule has 1 unspecified atom stereocenters. The molecule has 3 heterocycles. The van der Waals surface area contributed by atoms with Crippen LogP contribution in [0.1, 0.15) is 29.5 Å². The average molecular weight is 370 g/mol. The third-order valence-corrected chi connectivity index (χ3v) is 4.95. The molecule has 0 spiro atoms. The summed E-state index contributed by atoms with van der Waals surface area (Å²) < 4.78 is 6.74. The summed E-state index contributed by atoms with van der Waals surface area (Å²) in [7, 11) is 0. The van der Waals surface area contributed by atoms with E-state index in [1.165, 1.54) is 4.90 Å². The van der Waals surface area contributed by atoms with E-state index in [0.717, 1.165) is 17.7 Å². The molecule has 0 saturated carbocycles. The van der Waals surface area contributed by atoms with Crippen LogP contribution in [0.25, 0.3) is 0 Å². The molecule has 1 atom stereocenters. The van der Waals surface area contributed by atoms with Crippen molar-refractivity contribution in [3.63, 3.8) is 0 Å². The first-order valence-corrected chi connectivity index (χ1v) is 9.11. The highest BCUT2D eigenvalue weighted by atomic mass is 16.6. The number of cyclic esters (lactones) is 1. The van der Waals surface area contributed by atoms with Crippen LogP contribution in [0.3, 0.4) is 0 Å².